The van der Waals surface area contributed by atoms with E-state index < -0.39 is 10.0 Å². The average molecular weight is 346 g/mol. The summed E-state index contributed by atoms with van der Waals surface area (Å²) in [6, 6.07) is 15.6. The van der Waals surface area contributed by atoms with Crippen LogP contribution in [0.25, 0.3) is 0 Å². The lowest BCUT2D eigenvalue weighted by molar-refractivity contribution is -0.125. The minimum Gasteiger partial charge on any atom is -0.370 e. The van der Waals surface area contributed by atoms with Gasteiger partial charge < -0.3 is 9.64 Å². The molecule has 24 heavy (non-hydrogen) atoms. The molecule has 1 N–H and O–H groups in total. The highest BCUT2D eigenvalue weighted by molar-refractivity contribution is 7.89. The van der Waals surface area contributed by atoms with E-state index in [0.29, 0.717) is 18.8 Å². The monoisotopic (exact) mass is 346 g/mol. The minimum atomic E-state index is -3.60. The number of amides is 1. The standard InChI is InChI=1S/C17H18N2O4S/c20-17-13-23-11-10-19(17)15-6-8-16(9-7-15)24(21,22)18-12-14-4-2-1-3-5-14/h1-9,18H,10-13H2. The van der Waals surface area contributed by atoms with Gasteiger partial charge in [-0.05, 0) is 29.8 Å². The molecule has 0 aromatic heterocycles. The second-order valence-electron chi connectivity index (χ2n) is 5.40. The zero-order valence-corrected chi connectivity index (χ0v) is 13.8. The van der Waals surface area contributed by atoms with Gasteiger partial charge >= 0.3 is 0 Å². The van der Waals surface area contributed by atoms with E-state index in [4.69, 9.17) is 4.74 Å². The van der Waals surface area contributed by atoms with Gasteiger partial charge in [-0.15, -0.1) is 0 Å². The molecule has 1 aliphatic rings. The number of hydrogen-bond donors (Lipinski definition) is 1. The number of hydrogen-bond acceptors (Lipinski definition) is 4. The molecular weight excluding hydrogens is 328 g/mol. The predicted octanol–water partition coefficient (Wildman–Crippen LogP) is 1.53. The van der Waals surface area contributed by atoms with Crippen molar-refractivity contribution in [3.05, 3.63) is 60.2 Å². The summed E-state index contributed by atoms with van der Waals surface area (Å²) in [5, 5.41) is 0. The first-order valence-electron chi connectivity index (χ1n) is 7.58. The fourth-order valence-corrected chi connectivity index (χ4v) is 3.47. The molecule has 0 spiro atoms. The van der Waals surface area contributed by atoms with Crippen LogP contribution in [-0.2, 0) is 26.1 Å². The van der Waals surface area contributed by atoms with Gasteiger partial charge in [0.2, 0.25) is 10.0 Å². The van der Waals surface area contributed by atoms with Gasteiger partial charge in [0.25, 0.3) is 5.91 Å². The number of benzene rings is 2. The first-order chi connectivity index (χ1) is 11.6. The molecule has 6 nitrogen and oxygen atoms in total. The Morgan fingerprint density at radius 2 is 1.75 bits per heavy atom. The first-order valence-corrected chi connectivity index (χ1v) is 9.06. The van der Waals surface area contributed by atoms with E-state index in [2.05, 4.69) is 4.72 Å². The Hall–Kier alpha value is -2.22. The summed E-state index contributed by atoms with van der Waals surface area (Å²) >= 11 is 0. The summed E-state index contributed by atoms with van der Waals surface area (Å²) in [5.74, 6) is -0.126. The number of nitrogens with one attached hydrogen (secondary N) is 1. The number of sulfonamides is 1. The molecule has 126 valence electrons. The summed E-state index contributed by atoms with van der Waals surface area (Å²) in [6.45, 7) is 1.23. The fraction of sp³-hybridized carbons (Fsp3) is 0.235. The van der Waals surface area contributed by atoms with Gasteiger partial charge in [-0.2, -0.15) is 0 Å². The molecule has 7 heteroatoms. The third-order valence-electron chi connectivity index (χ3n) is 3.75. The summed E-state index contributed by atoms with van der Waals surface area (Å²) in [7, 11) is -3.60. The molecular formula is C17H18N2O4S. The van der Waals surface area contributed by atoms with Gasteiger partial charge in [-0.25, -0.2) is 13.1 Å². The maximum atomic E-state index is 12.3. The zero-order valence-electron chi connectivity index (χ0n) is 13.0. The van der Waals surface area contributed by atoms with Crippen LogP contribution in [0.3, 0.4) is 0 Å². The van der Waals surface area contributed by atoms with Gasteiger partial charge in [-0.3, -0.25) is 4.79 Å². The van der Waals surface area contributed by atoms with Crippen LogP contribution in [0, 0.1) is 0 Å². The number of ether oxygens (including phenoxy) is 1. The number of carbonyl (C=O) groups excluding carboxylic acids is 1. The van der Waals surface area contributed by atoms with Crippen molar-refractivity contribution in [3.63, 3.8) is 0 Å². The summed E-state index contributed by atoms with van der Waals surface area (Å²) in [6.07, 6.45) is 0. The van der Waals surface area contributed by atoms with Crippen molar-refractivity contribution < 1.29 is 17.9 Å². The molecule has 0 atom stereocenters. The highest BCUT2D eigenvalue weighted by Gasteiger charge is 2.21. The minimum absolute atomic E-state index is 0.0542. The van der Waals surface area contributed by atoms with E-state index in [0.717, 1.165) is 5.56 Å². The maximum Gasteiger partial charge on any atom is 0.253 e. The van der Waals surface area contributed by atoms with Crippen molar-refractivity contribution in [1.29, 1.82) is 0 Å². The molecule has 0 radical (unpaired) electrons. The van der Waals surface area contributed by atoms with Crippen LogP contribution in [-0.4, -0.2) is 34.1 Å². The second-order valence-corrected chi connectivity index (χ2v) is 7.17. The fourth-order valence-electron chi connectivity index (χ4n) is 2.45. The Balaban J connectivity index is 1.71. The molecule has 0 saturated carbocycles. The van der Waals surface area contributed by atoms with Crippen molar-refractivity contribution in [1.82, 2.24) is 4.72 Å². The molecule has 2 aromatic rings. The lowest BCUT2D eigenvalue weighted by Gasteiger charge is -2.26. The Labute approximate surface area is 141 Å². The molecule has 1 saturated heterocycles. The molecule has 1 heterocycles. The third kappa shape index (κ3) is 3.81. The Morgan fingerprint density at radius 1 is 1.04 bits per heavy atom. The smallest absolute Gasteiger partial charge is 0.253 e. The van der Waals surface area contributed by atoms with Crippen molar-refractivity contribution in [3.8, 4) is 0 Å². The van der Waals surface area contributed by atoms with Crippen LogP contribution in [0.4, 0.5) is 5.69 Å². The van der Waals surface area contributed by atoms with Gasteiger partial charge in [-0.1, -0.05) is 30.3 Å². The lowest BCUT2D eigenvalue weighted by atomic mass is 10.2. The highest BCUT2D eigenvalue weighted by Crippen LogP contribution is 2.19. The molecule has 0 aliphatic carbocycles. The van der Waals surface area contributed by atoms with Crippen LogP contribution in [0.1, 0.15) is 5.56 Å². The SMILES string of the molecule is O=C1COCCN1c1ccc(S(=O)(=O)NCc2ccccc2)cc1. The molecule has 1 amide bonds. The predicted molar refractivity (Wildman–Crippen MR) is 90.1 cm³/mol. The van der Waals surface area contributed by atoms with Crippen molar-refractivity contribution in [2.45, 2.75) is 11.4 Å². The summed E-state index contributed by atoms with van der Waals surface area (Å²) < 4.78 is 32.4. The number of carbonyl (C=O) groups is 1. The van der Waals surface area contributed by atoms with Crippen LogP contribution >= 0.6 is 0 Å². The quantitative estimate of drug-likeness (QED) is 0.891. The number of anilines is 1. The van der Waals surface area contributed by atoms with Crippen LogP contribution in [0.15, 0.2) is 59.5 Å². The Bertz CT molecular complexity index is 804. The van der Waals surface area contributed by atoms with E-state index in [1.54, 1.807) is 17.0 Å². The van der Waals surface area contributed by atoms with E-state index in [-0.39, 0.29) is 24.0 Å². The number of nitrogens with zero attached hydrogens (tertiary/aromatic N) is 1. The van der Waals surface area contributed by atoms with E-state index in [9.17, 15) is 13.2 Å². The maximum absolute atomic E-state index is 12.3. The number of rotatable bonds is 5. The van der Waals surface area contributed by atoms with Crippen molar-refractivity contribution in [2.24, 2.45) is 0 Å². The molecule has 0 bridgehead atoms. The zero-order chi connectivity index (χ0) is 17.0. The largest absolute Gasteiger partial charge is 0.370 e. The van der Waals surface area contributed by atoms with E-state index in [1.807, 2.05) is 30.3 Å². The van der Waals surface area contributed by atoms with E-state index >= 15 is 0 Å². The van der Waals surface area contributed by atoms with Crippen LogP contribution < -0.4 is 9.62 Å². The lowest BCUT2D eigenvalue weighted by Crippen LogP contribution is -2.41. The normalized spacial score (nSPS) is 15.5. The van der Waals surface area contributed by atoms with Gasteiger partial charge in [0.1, 0.15) is 6.61 Å². The molecule has 3 rings (SSSR count). The Morgan fingerprint density at radius 3 is 2.42 bits per heavy atom. The average Bonchev–Trinajstić information content (AvgIpc) is 2.62. The van der Waals surface area contributed by atoms with Crippen LogP contribution in [0.2, 0.25) is 0 Å². The molecule has 1 aliphatic heterocycles. The molecule has 1 fully saturated rings. The van der Waals surface area contributed by atoms with Gasteiger partial charge in [0, 0.05) is 18.8 Å². The highest BCUT2D eigenvalue weighted by atomic mass is 32.2. The number of morpholine rings is 1. The third-order valence-corrected chi connectivity index (χ3v) is 5.17. The molecule has 2 aromatic carbocycles. The first kappa shape index (κ1) is 16.6. The van der Waals surface area contributed by atoms with Gasteiger partial charge in [0.05, 0.1) is 11.5 Å². The topological polar surface area (TPSA) is 75.7 Å². The molecule has 0 unspecified atom stereocenters. The van der Waals surface area contributed by atoms with Crippen molar-refractivity contribution >= 4 is 21.6 Å². The second kappa shape index (κ2) is 7.12. The van der Waals surface area contributed by atoms with Crippen molar-refractivity contribution in [2.75, 3.05) is 24.7 Å². The van der Waals surface area contributed by atoms with Crippen LogP contribution in [0.5, 0.6) is 0 Å². The van der Waals surface area contributed by atoms with E-state index in [1.165, 1.54) is 12.1 Å². The van der Waals surface area contributed by atoms with Gasteiger partial charge in [0.15, 0.2) is 0 Å². The summed E-state index contributed by atoms with van der Waals surface area (Å²) in [4.78, 5) is 13.6. The Kier molecular flexibility index (Phi) is 4.94. The summed E-state index contributed by atoms with van der Waals surface area (Å²) in [5.41, 5.74) is 1.56.